The number of aryl methyl sites for hydroxylation is 1. The number of sulfonamides is 1. The van der Waals surface area contributed by atoms with Crippen LogP contribution in [0.25, 0.3) is 0 Å². The summed E-state index contributed by atoms with van der Waals surface area (Å²) in [6.07, 6.45) is 7.14. The lowest BCUT2D eigenvalue weighted by atomic mass is 9.94. The Morgan fingerprint density at radius 3 is 2.24 bits per heavy atom. The number of hydrogen-bond donors (Lipinski definition) is 1. The standard InChI is InChI=1S/C36H47N3O5S/c1-4-44-34-19-12-11-18-32(34)39(45(3,42)43)25-13-20-35(40)38(27-30-23-21-28(2)22-24-30)33(26-29-14-7-5-8-15-29)36(41)37-31-16-9-6-10-17-31/h5,7-8,11-12,14-15,18-19,21-24,31,33H,4,6,9-10,13,16-17,20,25-27H2,1-3H3,(H,37,41)/t33-/m1/s1. The molecule has 45 heavy (non-hydrogen) atoms. The summed E-state index contributed by atoms with van der Waals surface area (Å²) in [4.78, 5) is 29.8. The maximum atomic E-state index is 14.1. The normalized spacial score (nSPS) is 14.4. The van der Waals surface area contributed by atoms with Crippen LogP contribution in [-0.4, -0.2) is 56.6 Å². The lowest BCUT2D eigenvalue weighted by Crippen LogP contribution is -2.52. The monoisotopic (exact) mass is 633 g/mol. The van der Waals surface area contributed by atoms with Crippen molar-refractivity contribution in [1.82, 2.24) is 10.2 Å². The molecule has 1 aliphatic carbocycles. The number of nitrogens with zero attached hydrogens (tertiary/aromatic N) is 2. The minimum atomic E-state index is -3.65. The van der Waals surface area contributed by atoms with Gasteiger partial charge in [0.25, 0.3) is 0 Å². The van der Waals surface area contributed by atoms with Gasteiger partial charge in [0.15, 0.2) is 0 Å². The third-order valence-electron chi connectivity index (χ3n) is 8.28. The number of anilines is 1. The van der Waals surface area contributed by atoms with Gasteiger partial charge in [-0.25, -0.2) is 8.42 Å². The Kier molecular flexibility index (Phi) is 12.4. The fraction of sp³-hybridized carbons (Fsp3) is 0.444. The van der Waals surface area contributed by atoms with Crippen molar-refractivity contribution in [2.45, 2.75) is 83.8 Å². The first kappa shape index (κ1) is 34.0. The van der Waals surface area contributed by atoms with E-state index in [1.807, 2.05) is 68.4 Å². The Bertz CT molecular complexity index is 1490. The highest BCUT2D eigenvalue weighted by molar-refractivity contribution is 7.92. The van der Waals surface area contributed by atoms with Gasteiger partial charge in [-0.05, 0) is 56.4 Å². The lowest BCUT2D eigenvalue weighted by Gasteiger charge is -2.34. The number of rotatable bonds is 15. The summed E-state index contributed by atoms with van der Waals surface area (Å²) in [5, 5.41) is 3.27. The van der Waals surface area contributed by atoms with Crippen molar-refractivity contribution in [3.63, 3.8) is 0 Å². The van der Waals surface area contributed by atoms with Crippen molar-refractivity contribution < 1.29 is 22.7 Å². The maximum Gasteiger partial charge on any atom is 0.243 e. The smallest absolute Gasteiger partial charge is 0.243 e. The molecule has 0 heterocycles. The Morgan fingerprint density at radius 1 is 0.911 bits per heavy atom. The van der Waals surface area contributed by atoms with Crippen LogP contribution in [-0.2, 0) is 32.6 Å². The number of ether oxygens (including phenoxy) is 1. The minimum absolute atomic E-state index is 0.0800. The molecule has 0 saturated heterocycles. The molecule has 242 valence electrons. The quantitative estimate of drug-likeness (QED) is 0.221. The van der Waals surface area contributed by atoms with Gasteiger partial charge in [0.2, 0.25) is 21.8 Å². The van der Waals surface area contributed by atoms with Gasteiger partial charge in [-0.2, -0.15) is 0 Å². The number of nitrogens with one attached hydrogen (secondary N) is 1. The average molecular weight is 634 g/mol. The lowest BCUT2D eigenvalue weighted by molar-refractivity contribution is -0.141. The van der Waals surface area contributed by atoms with E-state index in [1.54, 1.807) is 29.2 Å². The second-order valence-corrected chi connectivity index (χ2v) is 13.8. The van der Waals surface area contributed by atoms with Gasteiger partial charge in [0.05, 0.1) is 18.6 Å². The zero-order valence-corrected chi connectivity index (χ0v) is 27.6. The first-order valence-electron chi connectivity index (χ1n) is 16.0. The van der Waals surface area contributed by atoms with Crippen LogP contribution in [0.3, 0.4) is 0 Å². The molecular formula is C36H47N3O5S. The van der Waals surface area contributed by atoms with E-state index in [0.29, 0.717) is 24.5 Å². The summed E-state index contributed by atoms with van der Waals surface area (Å²) in [7, 11) is -3.65. The first-order chi connectivity index (χ1) is 21.7. The van der Waals surface area contributed by atoms with Crippen LogP contribution in [0.1, 0.15) is 68.6 Å². The molecule has 8 nitrogen and oxygen atoms in total. The van der Waals surface area contributed by atoms with E-state index < -0.39 is 16.1 Å². The van der Waals surface area contributed by atoms with Crippen molar-refractivity contribution in [1.29, 1.82) is 0 Å². The Morgan fingerprint density at radius 2 is 1.58 bits per heavy atom. The average Bonchev–Trinajstić information content (AvgIpc) is 3.03. The number of benzene rings is 3. The highest BCUT2D eigenvalue weighted by Crippen LogP contribution is 2.30. The van der Waals surface area contributed by atoms with Crippen LogP contribution in [0.2, 0.25) is 0 Å². The van der Waals surface area contributed by atoms with E-state index in [1.165, 1.54) is 10.7 Å². The molecule has 1 N–H and O–H groups in total. The predicted molar refractivity (Wildman–Crippen MR) is 180 cm³/mol. The van der Waals surface area contributed by atoms with Crippen LogP contribution in [0.5, 0.6) is 5.75 Å². The fourth-order valence-corrected chi connectivity index (χ4v) is 6.88. The third-order valence-corrected chi connectivity index (χ3v) is 9.46. The summed E-state index contributed by atoms with van der Waals surface area (Å²) >= 11 is 0. The second kappa shape index (κ2) is 16.5. The third kappa shape index (κ3) is 10.1. The zero-order valence-electron chi connectivity index (χ0n) is 26.8. The molecule has 2 amide bonds. The Labute approximate surface area is 268 Å². The van der Waals surface area contributed by atoms with Gasteiger partial charge in [-0.3, -0.25) is 13.9 Å². The second-order valence-electron chi connectivity index (χ2n) is 11.9. The summed E-state index contributed by atoms with van der Waals surface area (Å²) in [5.74, 6) is 0.136. The highest BCUT2D eigenvalue weighted by atomic mass is 32.2. The topological polar surface area (TPSA) is 96.0 Å². The van der Waals surface area contributed by atoms with E-state index in [-0.39, 0.29) is 43.8 Å². The molecule has 1 aliphatic rings. The number of amides is 2. The maximum absolute atomic E-state index is 14.1. The van der Waals surface area contributed by atoms with Crippen LogP contribution in [0.15, 0.2) is 78.9 Å². The molecule has 3 aromatic carbocycles. The highest BCUT2D eigenvalue weighted by Gasteiger charge is 2.32. The predicted octanol–water partition coefficient (Wildman–Crippen LogP) is 6.03. The molecule has 0 unspecified atom stereocenters. The van der Waals surface area contributed by atoms with Crippen LogP contribution in [0, 0.1) is 6.92 Å². The molecule has 0 bridgehead atoms. The summed E-state index contributed by atoms with van der Waals surface area (Å²) < 4.78 is 32.8. The van der Waals surface area contributed by atoms with Gasteiger partial charge in [0.1, 0.15) is 11.8 Å². The van der Waals surface area contributed by atoms with E-state index >= 15 is 0 Å². The van der Waals surface area contributed by atoms with E-state index in [4.69, 9.17) is 4.74 Å². The van der Waals surface area contributed by atoms with Crippen LogP contribution >= 0.6 is 0 Å². The van der Waals surface area contributed by atoms with Gasteiger partial charge >= 0.3 is 0 Å². The van der Waals surface area contributed by atoms with Gasteiger partial charge in [0, 0.05) is 32.0 Å². The molecule has 0 aromatic heterocycles. The van der Waals surface area contributed by atoms with Crippen molar-refractivity contribution in [3.8, 4) is 5.75 Å². The minimum Gasteiger partial charge on any atom is -0.492 e. The molecule has 1 atom stereocenters. The molecular weight excluding hydrogens is 586 g/mol. The van der Waals surface area contributed by atoms with E-state index in [9.17, 15) is 18.0 Å². The number of para-hydroxylation sites is 2. The molecule has 3 aromatic rings. The number of carbonyl (C=O) groups excluding carboxylic acids is 2. The first-order valence-corrected chi connectivity index (χ1v) is 17.9. The van der Waals surface area contributed by atoms with Crippen molar-refractivity contribution in [2.24, 2.45) is 0 Å². The van der Waals surface area contributed by atoms with E-state index in [2.05, 4.69) is 5.32 Å². The van der Waals surface area contributed by atoms with Crippen LogP contribution in [0.4, 0.5) is 5.69 Å². The molecule has 0 spiro atoms. The Balaban J connectivity index is 1.59. The zero-order chi connectivity index (χ0) is 32.2. The molecule has 1 fully saturated rings. The van der Waals surface area contributed by atoms with E-state index in [0.717, 1.165) is 48.6 Å². The molecule has 0 aliphatic heterocycles. The van der Waals surface area contributed by atoms with Crippen LogP contribution < -0.4 is 14.4 Å². The van der Waals surface area contributed by atoms with Gasteiger partial charge in [-0.15, -0.1) is 0 Å². The summed E-state index contributed by atoms with van der Waals surface area (Å²) in [6, 6.07) is 24.2. The molecule has 0 radical (unpaired) electrons. The van der Waals surface area contributed by atoms with Crippen molar-refractivity contribution >= 4 is 27.5 Å². The largest absolute Gasteiger partial charge is 0.492 e. The SMILES string of the molecule is CCOc1ccccc1N(CCCC(=O)N(Cc1ccc(C)cc1)[C@H](Cc1ccccc1)C(=O)NC1CCCCC1)S(C)(=O)=O. The van der Waals surface area contributed by atoms with Crippen molar-refractivity contribution in [3.05, 3.63) is 95.6 Å². The number of hydrogen-bond acceptors (Lipinski definition) is 5. The van der Waals surface area contributed by atoms with Gasteiger partial charge < -0.3 is 15.0 Å². The molecule has 4 rings (SSSR count). The Hall–Kier alpha value is -3.85. The fourth-order valence-electron chi connectivity index (χ4n) is 5.91. The molecule has 1 saturated carbocycles. The molecule has 9 heteroatoms. The van der Waals surface area contributed by atoms with Gasteiger partial charge in [-0.1, -0.05) is 91.6 Å². The number of carbonyl (C=O) groups is 2. The summed E-state index contributed by atoms with van der Waals surface area (Å²) in [5.41, 5.74) is 3.46. The van der Waals surface area contributed by atoms with Crippen molar-refractivity contribution in [2.75, 3.05) is 23.7 Å². The summed E-state index contributed by atoms with van der Waals surface area (Å²) in [6.45, 7) is 4.63.